The van der Waals surface area contributed by atoms with Gasteiger partial charge in [0.15, 0.2) is 11.5 Å². The van der Waals surface area contributed by atoms with Crippen molar-refractivity contribution in [1.82, 2.24) is 19.9 Å². The summed E-state index contributed by atoms with van der Waals surface area (Å²) in [4.78, 5) is 14.3. The van der Waals surface area contributed by atoms with Crippen LogP contribution in [0.3, 0.4) is 0 Å². The second-order valence-electron chi connectivity index (χ2n) is 8.99. The normalized spacial score (nSPS) is 23.6. The van der Waals surface area contributed by atoms with E-state index in [0.717, 1.165) is 42.4 Å². The van der Waals surface area contributed by atoms with Crippen molar-refractivity contribution in [2.75, 3.05) is 13.1 Å². The molecule has 1 aromatic carbocycles. The van der Waals surface area contributed by atoms with Crippen LogP contribution in [-0.4, -0.2) is 38.6 Å². The summed E-state index contributed by atoms with van der Waals surface area (Å²) in [5.41, 5.74) is 0.637. The van der Waals surface area contributed by atoms with E-state index in [4.69, 9.17) is 11.6 Å². The lowest BCUT2D eigenvalue weighted by molar-refractivity contribution is 0.157. The summed E-state index contributed by atoms with van der Waals surface area (Å²) in [6.07, 6.45) is 3.48. The van der Waals surface area contributed by atoms with Gasteiger partial charge in [-0.3, -0.25) is 9.88 Å². The van der Waals surface area contributed by atoms with E-state index in [1.807, 2.05) is 13.0 Å². The fourth-order valence-electron chi connectivity index (χ4n) is 4.93. The van der Waals surface area contributed by atoms with Crippen LogP contribution in [0.15, 0.2) is 36.3 Å². The van der Waals surface area contributed by atoms with Crippen LogP contribution in [0.5, 0.6) is 0 Å². The number of rotatable bonds is 3. The summed E-state index contributed by atoms with van der Waals surface area (Å²) in [5.74, 6) is -0.229. The lowest BCUT2D eigenvalue weighted by Crippen LogP contribution is -2.35. The minimum atomic E-state index is -2.13. The number of allylic oxidation sites excluding steroid dienone is 1. The van der Waals surface area contributed by atoms with Crippen LogP contribution in [0.25, 0.3) is 15.9 Å². The zero-order chi connectivity index (χ0) is 22.6. The highest BCUT2D eigenvalue weighted by atomic mass is 35.5. The van der Waals surface area contributed by atoms with Gasteiger partial charge in [0.05, 0.1) is 22.9 Å². The molecule has 32 heavy (non-hydrogen) atoms. The quantitative estimate of drug-likeness (QED) is 0.506. The standard InChI is InChI=1S/C24H24ClF3N4/c1-13(23-30-19-12-24(2,28)22(27)20(25)21(19)31-23)32-9-6-14(7-10-32)16-5-8-29-18-4-3-15(26)11-17(16)18/h3-5,8,11,13-14H,6-7,9-10,12H2,1-2H3,(H,30,31)/t13-,24?/m1/s1. The van der Waals surface area contributed by atoms with Crippen molar-refractivity contribution in [2.45, 2.75) is 50.7 Å². The van der Waals surface area contributed by atoms with E-state index in [9.17, 15) is 13.2 Å². The summed E-state index contributed by atoms with van der Waals surface area (Å²) >= 11 is 6.08. The van der Waals surface area contributed by atoms with Crippen molar-refractivity contribution < 1.29 is 13.2 Å². The lowest BCUT2D eigenvalue weighted by atomic mass is 9.87. The second kappa shape index (κ2) is 7.89. The summed E-state index contributed by atoms with van der Waals surface area (Å²) in [6, 6.07) is 6.66. The van der Waals surface area contributed by atoms with Gasteiger partial charge in [-0.2, -0.15) is 0 Å². The summed E-state index contributed by atoms with van der Waals surface area (Å²) in [7, 11) is 0. The Kier molecular flexibility index (Phi) is 5.29. The minimum absolute atomic E-state index is 0.0495. The van der Waals surface area contributed by atoms with Crippen molar-refractivity contribution in [3.63, 3.8) is 0 Å². The Labute approximate surface area is 189 Å². The van der Waals surface area contributed by atoms with E-state index in [0.29, 0.717) is 23.1 Å². The Morgan fingerprint density at radius 3 is 2.72 bits per heavy atom. The molecule has 2 atom stereocenters. The number of hydrogen-bond donors (Lipinski definition) is 1. The number of alkyl halides is 1. The van der Waals surface area contributed by atoms with Crippen LogP contribution in [-0.2, 0) is 6.42 Å². The van der Waals surface area contributed by atoms with Crippen LogP contribution in [0.1, 0.15) is 61.4 Å². The number of hydrogen-bond acceptors (Lipinski definition) is 3. The Morgan fingerprint density at radius 2 is 1.97 bits per heavy atom. The molecule has 1 unspecified atom stereocenters. The van der Waals surface area contributed by atoms with E-state index < -0.39 is 11.5 Å². The molecular formula is C24H24ClF3N4. The van der Waals surface area contributed by atoms with E-state index in [1.54, 1.807) is 18.3 Å². The van der Waals surface area contributed by atoms with Crippen LogP contribution in [0.2, 0.25) is 0 Å². The number of halogens is 4. The lowest BCUT2D eigenvalue weighted by Gasteiger charge is -2.35. The van der Waals surface area contributed by atoms with Crippen molar-refractivity contribution in [3.05, 3.63) is 64.9 Å². The summed E-state index contributed by atoms with van der Waals surface area (Å²) < 4.78 is 42.5. The minimum Gasteiger partial charge on any atom is -0.340 e. The molecule has 4 nitrogen and oxygen atoms in total. The maximum Gasteiger partial charge on any atom is 0.166 e. The molecule has 3 aromatic rings. The Morgan fingerprint density at radius 1 is 1.22 bits per heavy atom. The molecule has 2 aliphatic rings. The van der Waals surface area contributed by atoms with Crippen molar-refractivity contribution >= 4 is 27.5 Å². The Bertz CT molecular complexity index is 1210. The average Bonchev–Trinajstić information content (AvgIpc) is 3.20. The molecule has 1 aliphatic heterocycles. The Hall–Kier alpha value is -2.38. The van der Waals surface area contributed by atoms with Crippen molar-refractivity contribution in [3.8, 4) is 0 Å². The average molecular weight is 461 g/mol. The molecule has 1 N–H and O–H groups in total. The third-order valence-corrected chi connectivity index (χ3v) is 7.17. The molecule has 0 amide bonds. The largest absolute Gasteiger partial charge is 0.340 e. The third kappa shape index (κ3) is 3.61. The molecule has 1 aliphatic carbocycles. The summed E-state index contributed by atoms with van der Waals surface area (Å²) in [6.45, 7) is 4.87. The van der Waals surface area contributed by atoms with Crippen molar-refractivity contribution in [1.29, 1.82) is 0 Å². The molecule has 0 radical (unpaired) electrons. The van der Waals surface area contributed by atoms with Gasteiger partial charge >= 0.3 is 0 Å². The van der Waals surface area contributed by atoms with Gasteiger partial charge in [0.25, 0.3) is 0 Å². The highest BCUT2D eigenvalue weighted by Crippen LogP contribution is 2.42. The van der Waals surface area contributed by atoms with E-state index in [1.165, 1.54) is 13.0 Å². The maximum absolute atomic E-state index is 14.5. The number of aromatic nitrogens is 3. The molecule has 5 rings (SSSR count). The van der Waals surface area contributed by atoms with Gasteiger partial charge in [-0.25, -0.2) is 18.2 Å². The number of H-pyrrole nitrogens is 1. The number of aromatic amines is 1. The topological polar surface area (TPSA) is 44.8 Å². The second-order valence-corrected chi connectivity index (χ2v) is 9.37. The first-order valence-electron chi connectivity index (χ1n) is 10.9. The molecule has 8 heteroatoms. The van der Waals surface area contributed by atoms with Gasteiger partial charge in [0.1, 0.15) is 16.7 Å². The van der Waals surface area contributed by atoms with Crippen molar-refractivity contribution in [2.24, 2.45) is 0 Å². The molecule has 168 valence electrons. The zero-order valence-electron chi connectivity index (χ0n) is 17.9. The van der Waals surface area contributed by atoms with Gasteiger partial charge in [-0.1, -0.05) is 11.6 Å². The predicted molar refractivity (Wildman–Crippen MR) is 119 cm³/mol. The van der Waals surface area contributed by atoms with Crippen LogP contribution < -0.4 is 0 Å². The first-order chi connectivity index (χ1) is 15.2. The molecular weight excluding hydrogens is 437 g/mol. The predicted octanol–water partition coefficient (Wildman–Crippen LogP) is 6.20. The molecule has 2 aromatic heterocycles. The first kappa shape index (κ1) is 21.5. The fourth-order valence-corrected chi connectivity index (χ4v) is 5.29. The molecule has 0 spiro atoms. The third-order valence-electron chi connectivity index (χ3n) is 6.82. The first-order valence-corrected chi connectivity index (χ1v) is 11.2. The smallest absolute Gasteiger partial charge is 0.166 e. The molecule has 0 bridgehead atoms. The summed E-state index contributed by atoms with van der Waals surface area (Å²) in [5, 5.41) is 0.646. The number of nitrogens with zero attached hydrogens (tertiary/aromatic N) is 3. The van der Waals surface area contributed by atoms with E-state index >= 15 is 0 Å². The number of imidazole rings is 1. The van der Waals surface area contributed by atoms with Crippen LogP contribution in [0, 0.1) is 5.82 Å². The molecule has 0 saturated carbocycles. The zero-order valence-corrected chi connectivity index (χ0v) is 18.7. The fraction of sp³-hybridized carbons (Fsp3) is 0.417. The van der Waals surface area contributed by atoms with Gasteiger partial charge in [-0.15, -0.1) is 0 Å². The number of benzene rings is 1. The van der Waals surface area contributed by atoms with Gasteiger partial charge in [0.2, 0.25) is 0 Å². The van der Waals surface area contributed by atoms with E-state index in [-0.39, 0.29) is 23.3 Å². The number of likely N-dealkylation sites (tertiary alicyclic amines) is 1. The van der Waals surface area contributed by atoms with Gasteiger partial charge in [-0.05, 0) is 75.5 Å². The SMILES string of the molecule is C[C@H](c1nc2c([nH]1)C(Cl)=C(F)C(C)(F)C2)N1CCC(c2ccnc3ccc(F)cc23)CC1. The highest BCUT2D eigenvalue weighted by molar-refractivity contribution is 6.49. The highest BCUT2D eigenvalue weighted by Gasteiger charge is 2.40. The monoisotopic (exact) mass is 460 g/mol. The molecule has 1 saturated heterocycles. The Balaban J connectivity index is 1.33. The number of piperidine rings is 1. The van der Waals surface area contributed by atoms with E-state index in [2.05, 4.69) is 19.9 Å². The molecule has 1 fully saturated rings. The number of fused-ring (bicyclic) bond motifs is 2. The number of nitrogens with one attached hydrogen (secondary N) is 1. The van der Waals surface area contributed by atoms with Gasteiger partial charge in [0, 0.05) is 18.0 Å². The van der Waals surface area contributed by atoms with Crippen LogP contribution in [0.4, 0.5) is 13.2 Å². The van der Waals surface area contributed by atoms with Gasteiger partial charge < -0.3 is 4.98 Å². The number of pyridine rings is 1. The molecule has 3 heterocycles. The van der Waals surface area contributed by atoms with Crippen LogP contribution >= 0.6 is 11.6 Å². The maximum atomic E-state index is 14.5.